The zero-order chi connectivity index (χ0) is 12.8. The van der Waals surface area contributed by atoms with Gasteiger partial charge < -0.3 is 10.4 Å². The van der Waals surface area contributed by atoms with Crippen LogP contribution in [0, 0.1) is 0 Å². The molecule has 0 radical (unpaired) electrons. The molecule has 2 aromatic rings. The molecule has 0 saturated carbocycles. The highest BCUT2D eigenvalue weighted by molar-refractivity contribution is 5.35. The van der Waals surface area contributed by atoms with Gasteiger partial charge >= 0.3 is 0 Å². The van der Waals surface area contributed by atoms with Crippen molar-refractivity contribution in [2.75, 3.05) is 6.54 Å². The van der Waals surface area contributed by atoms with Gasteiger partial charge in [-0.3, -0.25) is 0 Å². The van der Waals surface area contributed by atoms with Crippen molar-refractivity contribution in [3.8, 4) is 5.75 Å². The smallest absolute Gasteiger partial charge is 0.115 e. The molecule has 18 heavy (non-hydrogen) atoms. The maximum Gasteiger partial charge on any atom is 0.115 e. The van der Waals surface area contributed by atoms with Crippen LogP contribution in [0.5, 0.6) is 5.75 Å². The number of hydrogen-bond acceptors (Lipinski definition) is 2. The first-order valence-corrected chi connectivity index (χ1v) is 5.99. The SMILES string of the molecule is C=CCNC(c1ccccc1)c1ccc(O)cc1. The van der Waals surface area contributed by atoms with Crippen LogP contribution in [0.3, 0.4) is 0 Å². The van der Waals surface area contributed by atoms with Gasteiger partial charge in [0.1, 0.15) is 5.75 Å². The van der Waals surface area contributed by atoms with E-state index in [1.807, 2.05) is 36.4 Å². The Bertz CT molecular complexity index is 490. The molecule has 0 spiro atoms. The van der Waals surface area contributed by atoms with Crippen LogP contribution in [0.4, 0.5) is 0 Å². The minimum absolute atomic E-state index is 0.116. The molecule has 92 valence electrons. The maximum absolute atomic E-state index is 9.35. The van der Waals surface area contributed by atoms with Crippen LogP contribution in [0.15, 0.2) is 67.3 Å². The molecule has 2 aromatic carbocycles. The van der Waals surface area contributed by atoms with Crippen LogP contribution in [0.2, 0.25) is 0 Å². The average Bonchev–Trinajstić information content (AvgIpc) is 2.42. The van der Waals surface area contributed by atoms with E-state index in [-0.39, 0.29) is 11.8 Å². The lowest BCUT2D eigenvalue weighted by molar-refractivity contribution is 0.474. The first-order valence-electron chi connectivity index (χ1n) is 5.99. The molecule has 0 fully saturated rings. The third-order valence-electron chi connectivity index (χ3n) is 2.83. The predicted octanol–water partition coefficient (Wildman–Crippen LogP) is 3.26. The Balaban J connectivity index is 2.30. The Labute approximate surface area is 108 Å². The second-order valence-electron chi connectivity index (χ2n) is 4.13. The lowest BCUT2D eigenvalue weighted by atomic mass is 9.98. The van der Waals surface area contributed by atoms with Crippen molar-refractivity contribution in [1.82, 2.24) is 5.32 Å². The molecule has 0 aromatic heterocycles. The number of phenols is 1. The quantitative estimate of drug-likeness (QED) is 0.785. The van der Waals surface area contributed by atoms with Crippen LogP contribution in [-0.4, -0.2) is 11.7 Å². The van der Waals surface area contributed by atoms with Crippen molar-refractivity contribution in [3.05, 3.63) is 78.4 Å². The largest absolute Gasteiger partial charge is 0.508 e. The molecule has 1 atom stereocenters. The highest BCUT2D eigenvalue weighted by Gasteiger charge is 2.12. The van der Waals surface area contributed by atoms with Gasteiger partial charge in [-0.2, -0.15) is 0 Å². The Morgan fingerprint density at radius 1 is 1.00 bits per heavy atom. The number of hydrogen-bond donors (Lipinski definition) is 2. The normalized spacial score (nSPS) is 12.0. The maximum atomic E-state index is 9.35. The van der Waals surface area contributed by atoms with Crippen LogP contribution in [0.1, 0.15) is 17.2 Å². The zero-order valence-corrected chi connectivity index (χ0v) is 10.2. The summed E-state index contributed by atoms with van der Waals surface area (Å²) in [5.41, 5.74) is 2.32. The van der Waals surface area contributed by atoms with E-state index in [2.05, 4.69) is 24.0 Å². The van der Waals surface area contributed by atoms with Gasteiger partial charge in [0.25, 0.3) is 0 Å². The number of rotatable bonds is 5. The van der Waals surface area contributed by atoms with E-state index in [9.17, 15) is 5.11 Å². The molecule has 1 unspecified atom stereocenters. The van der Waals surface area contributed by atoms with E-state index < -0.39 is 0 Å². The fourth-order valence-corrected chi connectivity index (χ4v) is 1.94. The molecule has 0 amide bonds. The van der Waals surface area contributed by atoms with Gasteiger partial charge in [-0.1, -0.05) is 48.5 Å². The Kier molecular flexibility index (Phi) is 4.15. The molecule has 0 bridgehead atoms. The molecular weight excluding hydrogens is 222 g/mol. The fraction of sp³-hybridized carbons (Fsp3) is 0.125. The van der Waals surface area contributed by atoms with Crippen LogP contribution in [-0.2, 0) is 0 Å². The zero-order valence-electron chi connectivity index (χ0n) is 10.2. The van der Waals surface area contributed by atoms with Gasteiger partial charge in [0.05, 0.1) is 6.04 Å². The van der Waals surface area contributed by atoms with Crippen molar-refractivity contribution in [2.24, 2.45) is 0 Å². The molecule has 2 rings (SSSR count). The first kappa shape index (κ1) is 12.4. The summed E-state index contributed by atoms with van der Waals surface area (Å²) in [7, 11) is 0. The van der Waals surface area contributed by atoms with Gasteiger partial charge in [0, 0.05) is 6.54 Å². The highest BCUT2D eigenvalue weighted by atomic mass is 16.3. The molecule has 2 N–H and O–H groups in total. The molecular formula is C16H17NO. The summed E-state index contributed by atoms with van der Waals surface area (Å²) in [6.45, 7) is 4.47. The van der Waals surface area contributed by atoms with Gasteiger partial charge in [-0.15, -0.1) is 6.58 Å². The molecule has 2 nitrogen and oxygen atoms in total. The van der Waals surface area contributed by atoms with Crippen molar-refractivity contribution in [3.63, 3.8) is 0 Å². The van der Waals surface area contributed by atoms with E-state index in [1.54, 1.807) is 12.1 Å². The topological polar surface area (TPSA) is 32.3 Å². The summed E-state index contributed by atoms with van der Waals surface area (Å²) in [4.78, 5) is 0. The second-order valence-corrected chi connectivity index (χ2v) is 4.13. The van der Waals surface area contributed by atoms with Crippen LogP contribution in [0.25, 0.3) is 0 Å². The summed E-state index contributed by atoms with van der Waals surface area (Å²) in [6, 6.07) is 17.6. The third-order valence-corrected chi connectivity index (χ3v) is 2.83. The summed E-state index contributed by atoms with van der Waals surface area (Å²) in [5, 5.41) is 12.8. The van der Waals surface area contributed by atoms with E-state index in [0.29, 0.717) is 0 Å². The molecule has 0 saturated heterocycles. The molecule has 2 heteroatoms. The predicted molar refractivity (Wildman–Crippen MR) is 74.6 cm³/mol. The van der Waals surface area contributed by atoms with Crippen molar-refractivity contribution in [2.45, 2.75) is 6.04 Å². The van der Waals surface area contributed by atoms with E-state index in [1.165, 1.54) is 5.56 Å². The summed E-state index contributed by atoms with van der Waals surface area (Å²) in [5.74, 6) is 0.286. The monoisotopic (exact) mass is 239 g/mol. The van der Waals surface area contributed by atoms with Gasteiger partial charge in [-0.05, 0) is 23.3 Å². The Morgan fingerprint density at radius 3 is 2.22 bits per heavy atom. The van der Waals surface area contributed by atoms with Gasteiger partial charge in [-0.25, -0.2) is 0 Å². The minimum atomic E-state index is 0.116. The molecule has 0 heterocycles. The van der Waals surface area contributed by atoms with E-state index in [4.69, 9.17) is 0 Å². The van der Waals surface area contributed by atoms with Crippen LogP contribution >= 0.6 is 0 Å². The van der Waals surface area contributed by atoms with Crippen molar-refractivity contribution < 1.29 is 5.11 Å². The Hall–Kier alpha value is -2.06. The summed E-state index contributed by atoms with van der Waals surface area (Å²) in [6.07, 6.45) is 1.84. The molecule has 0 aliphatic carbocycles. The lowest BCUT2D eigenvalue weighted by Gasteiger charge is -2.19. The number of aromatic hydroxyl groups is 1. The van der Waals surface area contributed by atoms with E-state index >= 15 is 0 Å². The number of phenolic OH excluding ortho intramolecular Hbond substituents is 1. The second kappa shape index (κ2) is 6.03. The number of nitrogens with one attached hydrogen (secondary N) is 1. The number of benzene rings is 2. The van der Waals surface area contributed by atoms with E-state index in [0.717, 1.165) is 12.1 Å². The standard InChI is InChI=1S/C16H17NO/c1-2-12-17-16(13-6-4-3-5-7-13)14-8-10-15(18)11-9-14/h2-11,16-18H,1,12H2. The molecule has 0 aliphatic heterocycles. The average molecular weight is 239 g/mol. The third kappa shape index (κ3) is 2.99. The van der Waals surface area contributed by atoms with Crippen molar-refractivity contribution in [1.29, 1.82) is 0 Å². The first-order chi connectivity index (χ1) is 8.81. The summed E-state index contributed by atoms with van der Waals surface area (Å²) < 4.78 is 0. The minimum Gasteiger partial charge on any atom is -0.508 e. The fourth-order valence-electron chi connectivity index (χ4n) is 1.94. The van der Waals surface area contributed by atoms with Gasteiger partial charge in [0.2, 0.25) is 0 Å². The lowest BCUT2D eigenvalue weighted by Crippen LogP contribution is -2.22. The molecule has 0 aliphatic rings. The van der Waals surface area contributed by atoms with Crippen molar-refractivity contribution >= 4 is 0 Å². The summed E-state index contributed by atoms with van der Waals surface area (Å²) >= 11 is 0. The highest BCUT2D eigenvalue weighted by Crippen LogP contribution is 2.23. The Morgan fingerprint density at radius 2 is 1.61 bits per heavy atom. The van der Waals surface area contributed by atoms with Gasteiger partial charge in [0.15, 0.2) is 0 Å². The van der Waals surface area contributed by atoms with Crippen LogP contribution < -0.4 is 5.32 Å².